The molecule has 98 valence electrons. The molecule has 1 amide bonds. The molecule has 1 atom stereocenters. The van der Waals surface area contributed by atoms with Gasteiger partial charge in [-0.2, -0.15) is 0 Å². The van der Waals surface area contributed by atoms with E-state index in [0.717, 1.165) is 18.5 Å². The first-order valence-corrected chi connectivity index (χ1v) is 6.70. The third-order valence-electron chi connectivity index (χ3n) is 3.40. The largest absolute Gasteiger partial charge is 0.314 e. The molecule has 0 bridgehead atoms. The fourth-order valence-electron chi connectivity index (χ4n) is 2.29. The monoisotopic (exact) mass is 247 g/mol. The Hall–Kier alpha value is -1.42. The van der Waals surface area contributed by atoms with Crippen LogP contribution in [0.1, 0.15) is 37.7 Å². The zero-order valence-corrected chi connectivity index (χ0v) is 10.9. The van der Waals surface area contributed by atoms with Gasteiger partial charge in [-0.15, -0.1) is 0 Å². The maximum Gasteiger partial charge on any atom is 0.225 e. The number of carbonyl (C=O) groups excluding carboxylic acids is 1. The molecule has 0 aromatic carbocycles. The molecule has 1 aliphatic heterocycles. The van der Waals surface area contributed by atoms with Gasteiger partial charge in [0.05, 0.1) is 0 Å². The summed E-state index contributed by atoms with van der Waals surface area (Å²) in [4.78, 5) is 16.0. The van der Waals surface area contributed by atoms with Gasteiger partial charge in [-0.05, 0) is 44.4 Å². The van der Waals surface area contributed by atoms with Crippen molar-refractivity contribution in [2.45, 2.75) is 45.1 Å². The number of anilines is 1. The molecule has 4 nitrogen and oxygen atoms in total. The van der Waals surface area contributed by atoms with Gasteiger partial charge in [-0.1, -0.05) is 12.5 Å². The quantitative estimate of drug-likeness (QED) is 0.858. The molecule has 2 N–H and O–H groups in total. The van der Waals surface area contributed by atoms with E-state index >= 15 is 0 Å². The number of rotatable bonds is 4. The van der Waals surface area contributed by atoms with Crippen molar-refractivity contribution in [3.05, 3.63) is 23.9 Å². The van der Waals surface area contributed by atoms with Crippen LogP contribution in [0.2, 0.25) is 0 Å². The number of hydrogen-bond donors (Lipinski definition) is 2. The van der Waals surface area contributed by atoms with Crippen LogP contribution < -0.4 is 10.6 Å². The number of piperidine rings is 1. The number of aromatic nitrogens is 1. The molecule has 2 heterocycles. The lowest BCUT2D eigenvalue weighted by Gasteiger charge is -2.23. The number of amides is 1. The van der Waals surface area contributed by atoms with Crippen molar-refractivity contribution in [2.75, 3.05) is 11.9 Å². The Morgan fingerprint density at radius 1 is 1.56 bits per heavy atom. The Morgan fingerprint density at radius 3 is 3.17 bits per heavy atom. The second-order valence-corrected chi connectivity index (χ2v) is 4.90. The first-order chi connectivity index (χ1) is 8.75. The minimum Gasteiger partial charge on any atom is -0.314 e. The van der Waals surface area contributed by atoms with Crippen molar-refractivity contribution < 1.29 is 4.79 Å². The van der Waals surface area contributed by atoms with Crippen molar-refractivity contribution in [1.82, 2.24) is 10.3 Å². The highest BCUT2D eigenvalue weighted by Gasteiger charge is 2.14. The van der Waals surface area contributed by atoms with E-state index < -0.39 is 0 Å². The van der Waals surface area contributed by atoms with Crippen LogP contribution in [0.3, 0.4) is 0 Å². The Labute approximate surface area is 108 Å². The van der Waals surface area contributed by atoms with E-state index in [2.05, 4.69) is 15.6 Å². The molecule has 1 aliphatic rings. The summed E-state index contributed by atoms with van der Waals surface area (Å²) in [5.74, 6) is 0.739. The van der Waals surface area contributed by atoms with E-state index in [1.54, 1.807) is 6.20 Å². The minimum atomic E-state index is 0.0594. The molecule has 1 saturated heterocycles. The molecule has 18 heavy (non-hydrogen) atoms. The average Bonchev–Trinajstić information content (AvgIpc) is 2.40. The molecular weight excluding hydrogens is 226 g/mol. The molecule has 1 unspecified atom stereocenters. The highest BCUT2D eigenvalue weighted by Crippen LogP contribution is 2.13. The predicted molar refractivity (Wildman–Crippen MR) is 72.5 cm³/mol. The first kappa shape index (κ1) is 13.0. The summed E-state index contributed by atoms with van der Waals surface area (Å²) < 4.78 is 0. The maximum absolute atomic E-state index is 11.8. The topological polar surface area (TPSA) is 54.0 Å². The van der Waals surface area contributed by atoms with Crippen LogP contribution >= 0.6 is 0 Å². The number of nitrogens with one attached hydrogen (secondary N) is 2. The van der Waals surface area contributed by atoms with Crippen LogP contribution in [0.15, 0.2) is 18.3 Å². The van der Waals surface area contributed by atoms with Crippen molar-refractivity contribution in [2.24, 2.45) is 0 Å². The zero-order valence-electron chi connectivity index (χ0n) is 10.9. The van der Waals surface area contributed by atoms with Crippen molar-refractivity contribution in [3.8, 4) is 0 Å². The first-order valence-electron chi connectivity index (χ1n) is 6.70. The molecule has 0 aliphatic carbocycles. The Bertz CT molecular complexity index is 400. The van der Waals surface area contributed by atoms with Gasteiger partial charge in [0.2, 0.25) is 5.91 Å². The fourth-order valence-corrected chi connectivity index (χ4v) is 2.29. The Balaban J connectivity index is 1.76. The lowest BCUT2D eigenvalue weighted by atomic mass is 10.0. The van der Waals surface area contributed by atoms with Gasteiger partial charge in [0.1, 0.15) is 5.82 Å². The summed E-state index contributed by atoms with van der Waals surface area (Å²) in [5.41, 5.74) is 1.00. The lowest BCUT2D eigenvalue weighted by Crippen LogP contribution is -2.34. The van der Waals surface area contributed by atoms with Crippen LogP contribution in [0.25, 0.3) is 0 Å². The smallest absolute Gasteiger partial charge is 0.225 e. The molecule has 2 rings (SSSR count). The molecule has 1 fully saturated rings. The molecule has 0 saturated carbocycles. The molecule has 1 aromatic rings. The summed E-state index contributed by atoms with van der Waals surface area (Å²) >= 11 is 0. The summed E-state index contributed by atoms with van der Waals surface area (Å²) in [7, 11) is 0. The minimum absolute atomic E-state index is 0.0594. The number of pyridine rings is 1. The van der Waals surface area contributed by atoms with Gasteiger partial charge in [0.15, 0.2) is 0 Å². The second kappa shape index (κ2) is 6.50. The SMILES string of the molecule is Cc1cccnc1NC(=O)CCC1CCCCN1. The van der Waals surface area contributed by atoms with E-state index in [1.165, 1.54) is 19.3 Å². The van der Waals surface area contributed by atoms with Gasteiger partial charge in [0.25, 0.3) is 0 Å². The van der Waals surface area contributed by atoms with Gasteiger partial charge in [-0.3, -0.25) is 4.79 Å². The molecular formula is C14H21N3O. The van der Waals surface area contributed by atoms with Crippen molar-refractivity contribution in [3.63, 3.8) is 0 Å². The molecule has 0 radical (unpaired) electrons. The van der Waals surface area contributed by atoms with Crippen molar-refractivity contribution in [1.29, 1.82) is 0 Å². The lowest BCUT2D eigenvalue weighted by molar-refractivity contribution is -0.116. The van der Waals surface area contributed by atoms with E-state index in [-0.39, 0.29) is 5.91 Å². The second-order valence-electron chi connectivity index (χ2n) is 4.90. The van der Waals surface area contributed by atoms with Crippen LogP contribution in [0.4, 0.5) is 5.82 Å². The van der Waals surface area contributed by atoms with Crippen LogP contribution in [0, 0.1) is 6.92 Å². The van der Waals surface area contributed by atoms with Crippen LogP contribution in [0.5, 0.6) is 0 Å². The molecule has 4 heteroatoms. The third kappa shape index (κ3) is 3.81. The van der Waals surface area contributed by atoms with E-state index in [4.69, 9.17) is 0 Å². The standard InChI is InChI=1S/C14H21N3O/c1-11-5-4-10-16-14(11)17-13(18)8-7-12-6-2-3-9-15-12/h4-5,10,12,15H,2-3,6-9H2,1H3,(H,16,17,18). The van der Waals surface area contributed by atoms with Gasteiger partial charge in [0, 0.05) is 18.7 Å². The van der Waals surface area contributed by atoms with E-state index in [9.17, 15) is 4.79 Å². The Kier molecular flexibility index (Phi) is 4.70. The highest BCUT2D eigenvalue weighted by molar-refractivity contribution is 5.90. The van der Waals surface area contributed by atoms with Crippen LogP contribution in [-0.2, 0) is 4.79 Å². The molecule has 1 aromatic heterocycles. The highest BCUT2D eigenvalue weighted by atomic mass is 16.1. The Morgan fingerprint density at radius 2 is 2.44 bits per heavy atom. The third-order valence-corrected chi connectivity index (χ3v) is 3.40. The van der Waals surface area contributed by atoms with Crippen LogP contribution in [-0.4, -0.2) is 23.5 Å². The number of carbonyl (C=O) groups is 1. The fraction of sp³-hybridized carbons (Fsp3) is 0.571. The van der Waals surface area contributed by atoms with E-state index in [0.29, 0.717) is 18.3 Å². The summed E-state index contributed by atoms with van der Waals surface area (Å²) in [6.07, 6.45) is 6.90. The normalized spacial score (nSPS) is 19.5. The molecule has 0 spiro atoms. The van der Waals surface area contributed by atoms with Crippen molar-refractivity contribution >= 4 is 11.7 Å². The number of aryl methyl sites for hydroxylation is 1. The van der Waals surface area contributed by atoms with E-state index in [1.807, 2.05) is 19.1 Å². The summed E-state index contributed by atoms with van der Waals surface area (Å²) in [6, 6.07) is 4.33. The number of hydrogen-bond acceptors (Lipinski definition) is 3. The predicted octanol–water partition coefficient (Wildman–Crippen LogP) is 2.25. The maximum atomic E-state index is 11.8. The number of nitrogens with zero attached hydrogens (tertiary/aromatic N) is 1. The average molecular weight is 247 g/mol. The van der Waals surface area contributed by atoms with Gasteiger partial charge in [-0.25, -0.2) is 4.98 Å². The zero-order chi connectivity index (χ0) is 12.8. The van der Waals surface area contributed by atoms with Gasteiger partial charge < -0.3 is 10.6 Å². The van der Waals surface area contributed by atoms with Gasteiger partial charge >= 0.3 is 0 Å². The summed E-state index contributed by atoms with van der Waals surface area (Å²) in [6.45, 7) is 3.04. The summed E-state index contributed by atoms with van der Waals surface area (Å²) in [5, 5.41) is 6.33.